The second-order valence-electron chi connectivity index (χ2n) is 4.98. The number of rotatable bonds is 3. The molecule has 0 amide bonds. The van der Waals surface area contributed by atoms with Crippen LogP contribution in [0.2, 0.25) is 0 Å². The predicted molar refractivity (Wildman–Crippen MR) is 87.4 cm³/mol. The average molecular weight is 347 g/mol. The first-order valence-electron chi connectivity index (χ1n) is 6.59. The van der Waals surface area contributed by atoms with Crippen LogP contribution in [0.1, 0.15) is 21.5 Å². The van der Waals surface area contributed by atoms with Gasteiger partial charge in [-0.05, 0) is 41.8 Å². The lowest BCUT2D eigenvalue weighted by Gasteiger charge is -2.13. The molecule has 2 aromatic carbocycles. The van der Waals surface area contributed by atoms with Crippen LogP contribution in [0.25, 0.3) is 11.0 Å². The number of fused-ring (bicyclic) bond motifs is 1. The topological polar surface area (TPSA) is 57.9 Å². The van der Waals surface area contributed by atoms with Gasteiger partial charge in [-0.15, -0.1) is 0 Å². The average Bonchev–Trinajstić information content (AvgIpc) is 2.86. The fourth-order valence-corrected chi connectivity index (χ4v) is 2.96. The highest BCUT2D eigenvalue weighted by molar-refractivity contribution is 9.09. The van der Waals surface area contributed by atoms with E-state index in [0.717, 1.165) is 33.5 Å². The van der Waals surface area contributed by atoms with Crippen molar-refractivity contribution in [3.8, 4) is 5.75 Å². The monoisotopic (exact) mass is 346 g/mol. The number of hydrogen-bond donors (Lipinski definition) is 2. The molecule has 1 heterocycles. The molecular formula is C16H15BrN2O2. The first-order valence-corrected chi connectivity index (χ1v) is 7.50. The molecule has 0 fully saturated rings. The highest BCUT2D eigenvalue weighted by Gasteiger charge is 2.13. The van der Waals surface area contributed by atoms with Gasteiger partial charge >= 0.3 is 5.69 Å². The lowest BCUT2D eigenvalue weighted by molar-refractivity contribution is 0.411. The van der Waals surface area contributed by atoms with Gasteiger partial charge in [-0.3, -0.25) is 0 Å². The smallest absolute Gasteiger partial charge is 0.323 e. The Balaban J connectivity index is 2.02. The molecule has 1 atom stereocenters. The van der Waals surface area contributed by atoms with Crippen molar-refractivity contribution >= 4 is 27.0 Å². The molecule has 2 N–H and O–H groups in total. The van der Waals surface area contributed by atoms with E-state index in [0.29, 0.717) is 0 Å². The van der Waals surface area contributed by atoms with E-state index in [1.165, 1.54) is 0 Å². The van der Waals surface area contributed by atoms with Gasteiger partial charge in [-0.1, -0.05) is 34.1 Å². The molecular weight excluding hydrogens is 332 g/mol. The van der Waals surface area contributed by atoms with Gasteiger partial charge in [0.05, 0.1) is 23.0 Å². The number of imidazole rings is 1. The van der Waals surface area contributed by atoms with Gasteiger partial charge < -0.3 is 14.7 Å². The summed E-state index contributed by atoms with van der Waals surface area (Å²) in [5, 5.41) is 0. The van der Waals surface area contributed by atoms with Crippen LogP contribution in [0.5, 0.6) is 5.75 Å². The Morgan fingerprint density at radius 3 is 2.48 bits per heavy atom. The molecule has 0 bridgehead atoms. The number of aromatic amines is 2. The van der Waals surface area contributed by atoms with Crippen LogP contribution in [-0.2, 0) is 0 Å². The zero-order valence-corrected chi connectivity index (χ0v) is 13.3. The summed E-state index contributed by atoms with van der Waals surface area (Å²) >= 11 is 3.72. The molecule has 3 rings (SSSR count). The third-order valence-corrected chi connectivity index (χ3v) is 4.61. The minimum atomic E-state index is -0.190. The van der Waals surface area contributed by atoms with E-state index in [9.17, 15) is 4.79 Å². The van der Waals surface area contributed by atoms with Crippen molar-refractivity contribution < 1.29 is 4.74 Å². The quantitative estimate of drug-likeness (QED) is 0.711. The number of aryl methyl sites for hydroxylation is 1. The van der Waals surface area contributed by atoms with E-state index in [-0.39, 0.29) is 10.5 Å². The number of H-pyrrole nitrogens is 2. The zero-order chi connectivity index (χ0) is 15.0. The molecule has 108 valence electrons. The van der Waals surface area contributed by atoms with Crippen LogP contribution in [0.3, 0.4) is 0 Å². The van der Waals surface area contributed by atoms with Gasteiger partial charge in [-0.25, -0.2) is 4.79 Å². The minimum Gasteiger partial charge on any atom is -0.496 e. The molecule has 1 aromatic heterocycles. The fraction of sp³-hybridized carbons (Fsp3) is 0.188. The van der Waals surface area contributed by atoms with Crippen LogP contribution in [0, 0.1) is 6.92 Å². The second-order valence-corrected chi connectivity index (χ2v) is 5.89. The third-order valence-electron chi connectivity index (χ3n) is 3.56. The van der Waals surface area contributed by atoms with Crippen LogP contribution < -0.4 is 10.4 Å². The Morgan fingerprint density at radius 1 is 1.05 bits per heavy atom. The summed E-state index contributed by atoms with van der Waals surface area (Å²) in [6.07, 6.45) is 0. The van der Waals surface area contributed by atoms with E-state index in [1.54, 1.807) is 7.11 Å². The fourth-order valence-electron chi connectivity index (χ4n) is 2.39. The summed E-state index contributed by atoms with van der Waals surface area (Å²) in [5.41, 5.74) is 4.71. The van der Waals surface area contributed by atoms with Crippen molar-refractivity contribution in [2.45, 2.75) is 11.8 Å². The van der Waals surface area contributed by atoms with Gasteiger partial charge in [0.25, 0.3) is 0 Å². The maximum absolute atomic E-state index is 11.3. The molecule has 0 saturated carbocycles. The largest absolute Gasteiger partial charge is 0.496 e. The van der Waals surface area contributed by atoms with Crippen molar-refractivity contribution in [3.63, 3.8) is 0 Å². The maximum atomic E-state index is 11.3. The molecule has 1 unspecified atom stereocenters. The van der Waals surface area contributed by atoms with Crippen LogP contribution >= 0.6 is 15.9 Å². The van der Waals surface area contributed by atoms with Gasteiger partial charge in [-0.2, -0.15) is 0 Å². The lowest BCUT2D eigenvalue weighted by Crippen LogP contribution is -1.99. The maximum Gasteiger partial charge on any atom is 0.323 e. The highest BCUT2D eigenvalue weighted by Crippen LogP contribution is 2.34. The number of benzene rings is 2. The van der Waals surface area contributed by atoms with E-state index < -0.39 is 0 Å². The Morgan fingerprint density at radius 2 is 1.71 bits per heavy atom. The zero-order valence-electron chi connectivity index (χ0n) is 11.7. The molecule has 21 heavy (non-hydrogen) atoms. The molecule has 0 radical (unpaired) electrons. The van der Waals surface area contributed by atoms with Crippen molar-refractivity contribution in [3.05, 3.63) is 63.6 Å². The summed E-state index contributed by atoms with van der Waals surface area (Å²) < 4.78 is 5.37. The minimum absolute atomic E-state index is 0.0369. The summed E-state index contributed by atoms with van der Waals surface area (Å²) in [7, 11) is 1.67. The van der Waals surface area contributed by atoms with Gasteiger partial charge in [0.2, 0.25) is 0 Å². The number of nitrogens with one attached hydrogen (secondary N) is 2. The summed E-state index contributed by atoms with van der Waals surface area (Å²) in [5.74, 6) is 0.869. The van der Waals surface area contributed by atoms with Crippen molar-refractivity contribution in [1.82, 2.24) is 9.97 Å². The van der Waals surface area contributed by atoms with Gasteiger partial charge in [0.15, 0.2) is 0 Å². The molecule has 0 saturated heterocycles. The number of alkyl halides is 1. The SMILES string of the molecule is COc1cc(C(Br)c2ccc3[nH]c(=O)[nH]c3c2)ccc1C. The van der Waals surface area contributed by atoms with Crippen molar-refractivity contribution in [1.29, 1.82) is 0 Å². The molecule has 0 aliphatic heterocycles. The molecule has 3 aromatic rings. The highest BCUT2D eigenvalue weighted by atomic mass is 79.9. The molecule has 0 aliphatic carbocycles. The standard InChI is InChI=1S/C16H15BrN2O2/c1-9-3-4-11(8-14(9)21-2)15(17)10-5-6-12-13(7-10)19-16(20)18-12/h3-8,15H,1-2H3,(H2,18,19,20). The van der Waals surface area contributed by atoms with E-state index in [2.05, 4.69) is 32.0 Å². The van der Waals surface area contributed by atoms with Crippen molar-refractivity contribution in [2.75, 3.05) is 7.11 Å². The van der Waals surface area contributed by atoms with Gasteiger partial charge in [0.1, 0.15) is 5.75 Å². The summed E-state index contributed by atoms with van der Waals surface area (Å²) in [4.78, 5) is 16.9. The second kappa shape index (κ2) is 5.41. The molecule has 0 aliphatic rings. The van der Waals surface area contributed by atoms with Crippen LogP contribution in [0.4, 0.5) is 0 Å². The number of aromatic nitrogens is 2. The Labute approximate surface area is 130 Å². The molecule has 4 nitrogen and oxygen atoms in total. The van der Waals surface area contributed by atoms with E-state index in [4.69, 9.17) is 4.74 Å². The lowest BCUT2D eigenvalue weighted by atomic mass is 10.0. The molecule has 0 spiro atoms. The Kier molecular flexibility index (Phi) is 3.59. The number of halogens is 1. The van der Waals surface area contributed by atoms with Crippen LogP contribution in [-0.4, -0.2) is 17.1 Å². The summed E-state index contributed by atoms with van der Waals surface area (Å²) in [6.45, 7) is 2.02. The predicted octanol–water partition coefficient (Wildman–Crippen LogP) is 3.66. The van der Waals surface area contributed by atoms with E-state index >= 15 is 0 Å². The summed E-state index contributed by atoms with van der Waals surface area (Å²) in [6, 6.07) is 12.0. The van der Waals surface area contributed by atoms with E-state index in [1.807, 2.05) is 37.3 Å². The normalized spacial score (nSPS) is 12.5. The number of hydrogen-bond acceptors (Lipinski definition) is 2. The van der Waals surface area contributed by atoms with Crippen LogP contribution in [0.15, 0.2) is 41.2 Å². The Hall–Kier alpha value is -2.01. The molecule has 5 heteroatoms. The number of ether oxygens (including phenoxy) is 1. The first kappa shape index (κ1) is 13.9. The van der Waals surface area contributed by atoms with Gasteiger partial charge in [0, 0.05) is 0 Å². The Bertz CT molecular complexity index is 851. The van der Waals surface area contributed by atoms with Crippen molar-refractivity contribution in [2.24, 2.45) is 0 Å². The number of methoxy groups -OCH3 is 1. The third kappa shape index (κ3) is 2.61. The first-order chi connectivity index (χ1) is 10.1.